The van der Waals surface area contributed by atoms with Crippen LogP contribution in [0.2, 0.25) is 0 Å². The maximum Gasteiger partial charge on any atom is 0.168 e. The molecule has 1 aromatic carbocycles. The normalized spacial score (nSPS) is 25.0. The quantitative estimate of drug-likeness (QED) is 0.587. The second kappa shape index (κ2) is 4.84. The van der Waals surface area contributed by atoms with Crippen LogP contribution in [0.4, 0.5) is 0 Å². The van der Waals surface area contributed by atoms with Crippen molar-refractivity contribution in [1.82, 2.24) is 0 Å². The maximum atomic E-state index is 13.1. The van der Waals surface area contributed by atoms with Gasteiger partial charge in [0.15, 0.2) is 5.78 Å². The number of ketones is 1. The minimum atomic E-state index is 0.00634. The number of aryl methyl sites for hydroxylation is 1. The lowest BCUT2D eigenvalue weighted by atomic mass is 9.60. The van der Waals surface area contributed by atoms with E-state index < -0.39 is 0 Å². The van der Waals surface area contributed by atoms with Crippen molar-refractivity contribution >= 4 is 21.7 Å². The van der Waals surface area contributed by atoms with E-state index in [0.717, 1.165) is 35.7 Å². The van der Waals surface area contributed by atoms with Crippen LogP contribution >= 0.6 is 15.9 Å². The Morgan fingerprint density at radius 2 is 1.95 bits per heavy atom. The van der Waals surface area contributed by atoms with Crippen LogP contribution in [0.15, 0.2) is 33.8 Å². The van der Waals surface area contributed by atoms with Crippen molar-refractivity contribution < 1.29 is 4.79 Å². The monoisotopic (exact) mass is 332 g/mol. The number of Topliss-reactive ketones (excluding diaryl/α,β-unsaturated/α-hetero) is 1. The van der Waals surface area contributed by atoms with E-state index in [2.05, 4.69) is 42.8 Å². The van der Waals surface area contributed by atoms with Gasteiger partial charge in [-0.25, -0.2) is 0 Å². The molecule has 0 unspecified atom stereocenters. The fourth-order valence-corrected chi connectivity index (χ4v) is 4.72. The van der Waals surface area contributed by atoms with Crippen LogP contribution in [0.25, 0.3) is 0 Å². The smallest absolute Gasteiger partial charge is 0.168 e. The molecule has 0 radical (unpaired) electrons. The van der Waals surface area contributed by atoms with Gasteiger partial charge >= 0.3 is 0 Å². The third-order valence-electron chi connectivity index (χ3n) is 5.28. The predicted molar refractivity (Wildman–Crippen MR) is 86.0 cm³/mol. The van der Waals surface area contributed by atoms with Gasteiger partial charge in [-0.05, 0) is 49.7 Å². The number of allylic oxidation sites excluding steroid dienone is 2. The molecule has 0 aromatic heterocycles. The number of carbonyl (C=O) groups excluding carboxylic acids is 1. The van der Waals surface area contributed by atoms with Crippen LogP contribution in [0.3, 0.4) is 0 Å². The summed E-state index contributed by atoms with van der Waals surface area (Å²) in [5, 5.41) is 0. The molecule has 3 rings (SSSR count). The minimum absolute atomic E-state index is 0.00634. The molecule has 2 bridgehead atoms. The average molecular weight is 333 g/mol. The van der Waals surface area contributed by atoms with Crippen LogP contribution in [-0.2, 0) is 6.42 Å². The molecule has 2 aliphatic rings. The van der Waals surface area contributed by atoms with Crippen molar-refractivity contribution in [3.05, 3.63) is 44.9 Å². The van der Waals surface area contributed by atoms with Crippen LogP contribution in [-0.4, -0.2) is 5.78 Å². The topological polar surface area (TPSA) is 17.1 Å². The molecule has 0 saturated heterocycles. The SMILES string of the molecule is CC1=C2CCc3cccc(Br)c3C(=O)[C@H](CC1)C2(C)C. The molecule has 2 aliphatic carbocycles. The Labute approximate surface area is 129 Å². The van der Waals surface area contributed by atoms with E-state index in [-0.39, 0.29) is 11.3 Å². The third kappa shape index (κ3) is 2.00. The van der Waals surface area contributed by atoms with E-state index >= 15 is 0 Å². The summed E-state index contributed by atoms with van der Waals surface area (Å²) in [5.41, 5.74) is 5.18. The van der Waals surface area contributed by atoms with Gasteiger partial charge in [-0.1, -0.05) is 53.1 Å². The van der Waals surface area contributed by atoms with E-state index in [0.29, 0.717) is 5.78 Å². The molecule has 0 N–H and O–H groups in total. The first-order chi connectivity index (χ1) is 9.43. The number of halogens is 1. The predicted octanol–water partition coefficient (Wildman–Crippen LogP) is 5.33. The van der Waals surface area contributed by atoms with Gasteiger partial charge in [0.25, 0.3) is 0 Å². The summed E-state index contributed by atoms with van der Waals surface area (Å²) in [6.45, 7) is 6.77. The lowest BCUT2D eigenvalue weighted by Gasteiger charge is -2.43. The molecular weight excluding hydrogens is 312 g/mol. The van der Waals surface area contributed by atoms with Crippen molar-refractivity contribution in [2.45, 2.75) is 46.5 Å². The molecule has 2 heteroatoms. The molecule has 0 aliphatic heterocycles. The summed E-state index contributed by atoms with van der Waals surface area (Å²) in [5.74, 6) is 0.459. The molecule has 1 atom stereocenters. The number of hydrogen-bond donors (Lipinski definition) is 0. The molecular formula is C18H21BrO. The summed E-state index contributed by atoms with van der Waals surface area (Å²) in [6, 6.07) is 6.15. The number of hydrogen-bond acceptors (Lipinski definition) is 1. The number of benzene rings is 1. The zero-order valence-electron chi connectivity index (χ0n) is 12.4. The fourth-order valence-electron chi connectivity index (χ4n) is 4.11. The highest BCUT2D eigenvalue weighted by molar-refractivity contribution is 9.10. The Morgan fingerprint density at radius 1 is 1.20 bits per heavy atom. The Kier molecular flexibility index (Phi) is 3.40. The fraction of sp³-hybridized carbons (Fsp3) is 0.500. The molecule has 0 spiro atoms. The van der Waals surface area contributed by atoms with Crippen LogP contribution in [0, 0.1) is 11.3 Å². The average Bonchev–Trinajstić information content (AvgIpc) is 2.36. The number of carbonyl (C=O) groups is 1. The first kappa shape index (κ1) is 14.1. The van der Waals surface area contributed by atoms with Crippen molar-refractivity contribution in [3.8, 4) is 0 Å². The van der Waals surface area contributed by atoms with Gasteiger partial charge in [-0.2, -0.15) is 0 Å². The number of fused-ring (bicyclic) bond motifs is 3. The van der Waals surface area contributed by atoms with Gasteiger partial charge in [0, 0.05) is 16.0 Å². The highest BCUT2D eigenvalue weighted by atomic mass is 79.9. The Hall–Kier alpha value is -0.890. The molecule has 1 nitrogen and oxygen atoms in total. The molecule has 0 heterocycles. The zero-order valence-corrected chi connectivity index (χ0v) is 14.0. The largest absolute Gasteiger partial charge is 0.294 e. The van der Waals surface area contributed by atoms with Gasteiger partial charge in [0.2, 0.25) is 0 Å². The van der Waals surface area contributed by atoms with Gasteiger partial charge in [0.05, 0.1) is 0 Å². The van der Waals surface area contributed by atoms with Gasteiger partial charge in [-0.15, -0.1) is 0 Å². The standard InChI is InChI=1S/C18H21BrO/c1-11-7-9-14-17(20)16-12(5-4-6-15(16)19)8-10-13(11)18(14,2)3/h4-6,14H,7-10H2,1-3H3/t14-/m0/s1. The Bertz CT molecular complexity index is 610. The summed E-state index contributed by atoms with van der Waals surface area (Å²) in [7, 11) is 0. The molecule has 0 saturated carbocycles. The first-order valence-corrected chi connectivity index (χ1v) is 8.23. The molecule has 1 aromatic rings. The summed E-state index contributed by atoms with van der Waals surface area (Å²) >= 11 is 3.59. The first-order valence-electron chi connectivity index (χ1n) is 7.43. The zero-order chi connectivity index (χ0) is 14.5. The molecule has 0 fully saturated rings. The van der Waals surface area contributed by atoms with Crippen LogP contribution in [0.1, 0.15) is 56.0 Å². The molecule has 106 valence electrons. The molecule has 20 heavy (non-hydrogen) atoms. The van der Waals surface area contributed by atoms with Gasteiger partial charge < -0.3 is 0 Å². The van der Waals surface area contributed by atoms with E-state index in [1.807, 2.05) is 12.1 Å². The van der Waals surface area contributed by atoms with E-state index in [9.17, 15) is 4.79 Å². The third-order valence-corrected chi connectivity index (χ3v) is 5.94. The van der Waals surface area contributed by atoms with Crippen molar-refractivity contribution in [3.63, 3.8) is 0 Å². The summed E-state index contributed by atoms with van der Waals surface area (Å²) in [4.78, 5) is 13.1. The highest BCUT2D eigenvalue weighted by Gasteiger charge is 2.43. The number of rotatable bonds is 0. The minimum Gasteiger partial charge on any atom is -0.294 e. The highest BCUT2D eigenvalue weighted by Crippen LogP contribution is 2.49. The van der Waals surface area contributed by atoms with E-state index in [1.54, 1.807) is 0 Å². The lowest BCUT2D eigenvalue weighted by Crippen LogP contribution is -2.38. The van der Waals surface area contributed by atoms with Gasteiger partial charge in [0.1, 0.15) is 0 Å². The Morgan fingerprint density at radius 3 is 2.70 bits per heavy atom. The van der Waals surface area contributed by atoms with Crippen molar-refractivity contribution in [1.29, 1.82) is 0 Å². The summed E-state index contributed by atoms with van der Waals surface area (Å²) in [6.07, 6.45) is 4.13. The summed E-state index contributed by atoms with van der Waals surface area (Å²) < 4.78 is 0.963. The maximum absolute atomic E-state index is 13.1. The van der Waals surface area contributed by atoms with Gasteiger partial charge in [-0.3, -0.25) is 4.79 Å². The van der Waals surface area contributed by atoms with Crippen LogP contribution < -0.4 is 0 Å². The van der Waals surface area contributed by atoms with E-state index in [1.165, 1.54) is 16.7 Å². The lowest BCUT2D eigenvalue weighted by molar-refractivity contribution is 0.0796. The molecule has 0 amide bonds. The van der Waals surface area contributed by atoms with Crippen LogP contribution in [0.5, 0.6) is 0 Å². The van der Waals surface area contributed by atoms with Crippen molar-refractivity contribution in [2.75, 3.05) is 0 Å². The Balaban J connectivity index is 2.20. The second-order valence-corrected chi connectivity index (χ2v) is 7.56. The second-order valence-electron chi connectivity index (χ2n) is 6.71. The van der Waals surface area contributed by atoms with Crippen molar-refractivity contribution in [2.24, 2.45) is 11.3 Å². The van der Waals surface area contributed by atoms with E-state index in [4.69, 9.17) is 0 Å².